The molecular weight excluding hydrogens is 236 g/mol. The first kappa shape index (κ1) is 15.2. The van der Waals surface area contributed by atoms with E-state index in [9.17, 15) is 0 Å². The highest BCUT2D eigenvalue weighted by molar-refractivity contribution is 6.20. The second-order valence-corrected chi connectivity index (χ2v) is 6.89. The molecule has 0 radical (unpaired) electrons. The van der Waals surface area contributed by atoms with Gasteiger partial charge in [0.25, 0.3) is 0 Å². The van der Waals surface area contributed by atoms with Crippen molar-refractivity contribution in [2.45, 2.75) is 38.7 Å². The number of halogens is 1. The van der Waals surface area contributed by atoms with Crippen LogP contribution in [0.5, 0.6) is 0 Å². The minimum Gasteiger partial charge on any atom is -0.374 e. The van der Waals surface area contributed by atoms with Gasteiger partial charge in [-0.2, -0.15) is 0 Å². The van der Waals surface area contributed by atoms with Crippen molar-refractivity contribution in [1.82, 2.24) is 10.2 Å². The van der Waals surface area contributed by atoms with Crippen LogP contribution in [-0.2, 0) is 4.74 Å². The lowest BCUT2D eigenvalue weighted by Crippen LogP contribution is -2.45. The molecule has 0 aromatic rings. The summed E-state index contributed by atoms with van der Waals surface area (Å²) in [6.45, 7) is 11.3. The van der Waals surface area contributed by atoms with E-state index in [0.29, 0.717) is 11.5 Å². The van der Waals surface area contributed by atoms with Gasteiger partial charge in [0.1, 0.15) is 0 Å². The highest BCUT2D eigenvalue weighted by Crippen LogP contribution is 2.23. The first-order valence-electron chi connectivity index (χ1n) is 6.52. The van der Waals surface area contributed by atoms with E-state index in [1.165, 1.54) is 0 Å². The van der Waals surface area contributed by atoms with Gasteiger partial charge in [-0.1, -0.05) is 20.8 Å². The Labute approximate surface area is 111 Å². The van der Waals surface area contributed by atoms with Crippen LogP contribution in [-0.4, -0.2) is 56.2 Å². The number of hydrogen-bond acceptors (Lipinski definition) is 3. The van der Waals surface area contributed by atoms with Crippen molar-refractivity contribution < 1.29 is 4.74 Å². The van der Waals surface area contributed by atoms with E-state index in [1.807, 2.05) is 0 Å². The molecule has 17 heavy (non-hydrogen) atoms. The molecule has 3 nitrogen and oxygen atoms in total. The molecule has 2 atom stereocenters. The maximum Gasteiger partial charge on any atom is 0.0826 e. The molecule has 0 amide bonds. The Kier molecular flexibility index (Phi) is 6.21. The van der Waals surface area contributed by atoms with Crippen LogP contribution in [0.2, 0.25) is 0 Å². The molecule has 4 heteroatoms. The summed E-state index contributed by atoms with van der Waals surface area (Å²) in [6, 6.07) is 0. The predicted molar refractivity (Wildman–Crippen MR) is 73.8 cm³/mol. The van der Waals surface area contributed by atoms with Gasteiger partial charge < -0.3 is 15.0 Å². The van der Waals surface area contributed by atoms with Crippen LogP contribution in [0.15, 0.2) is 0 Å². The van der Waals surface area contributed by atoms with Gasteiger partial charge in [-0.15, -0.1) is 11.6 Å². The third kappa shape index (κ3) is 7.24. The number of nitrogens with zero attached hydrogens (tertiary/aromatic N) is 1. The van der Waals surface area contributed by atoms with Crippen LogP contribution < -0.4 is 5.32 Å². The van der Waals surface area contributed by atoms with Crippen molar-refractivity contribution in [2.24, 2.45) is 5.41 Å². The van der Waals surface area contributed by atoms with Crippen LogP contribution in [0.25, 0.3) is 0 Å². The Balaban J connectivity index is 2.10. The van der Waals surface area contributed by atoms with Gasteiger partial charge in [-0.05, 0) is 18.9 Å². The standard InChI is InChI=1S/C13H27ClN2O/c1-13(2,3)7-11(14)8-15-9-12-10-16(4)5-6-17-12/h11-12,15H,5-10H2,1-4H3. The number of hydrogen-bond donors (Lipinski definition) is 1. The van der Waals surface area contributed by atoms with E-state index < -0.39 is 0 Å². The molecule has 2 unspecified atom stereocenters. The van der Waals surface area contributed by atoms with Crippen molar-refractivity contribution in [2.75, 3.05) is 39.8 Å². The summed E-state index contributed by atoms with van der Waals surface area (Å²) in [6.07, 6.45) is 1.35. The van der Waals surface area contributed by atoms with E-state index in [0.717, 1.165) is 39.2 Å². The normalized spacial score (nSPS) is 24.9. The van der Waals surface area contributed by atoms with Crippen molar-refractivity contribution in [1.29, 1.82) is 0 Å². The fourth-order valence-corrected chi connectivity index (χ4v) is 2.70. The van der Waals surface area contributed by atoms with Crippen LogP contribution in [0, 0.1) is 5.41 Å². The lowest BCUT2D eigenvalue weighted by atomic mass is 9.90. The largest absolute Gasteiger partial charge is 0.374 e. The summed E-state index contributed by atoms with van der Waals surface area (Å²) < 4.78 is 5.68. The molecule has 1 saturated heterocycles. The molecule has 0 aromatic carbocycles. The van der Waals surface area contributed by atoms with Crippen LogP contribution >= 0.6 is 11.6 Å². The van der Waals surface area contributed by atoms with E-state index in [-0.39, 0.29) is 5.38 Å². The Morgan fingerprint density at radius 3 is 2.76 bits per heavy atom. The lowest BCUT2D eigenvalue weighted by molar-refractivity contribution is -0.0180. The minimum absolute atomic E-state index is 0.205. The molecule has 1 aliphatic heterocycles. The van der Waals surface area contributed by atoms with Crippen molar-refractivity contribution in [3.8, 4) is 0 Å². The molecule has 0 aliphatic carbocycles. The number of likely N-dealkylation sites (N-methyl/N-ethyl adjacent to an activating group) is 1. The molecule has 1 rings (SSSR count). The summed E-state index contributed by atoms with van der Waals surface area (Å²) in [7, 11) is 2.14. The Bertz CT molecular complexity index is 218. The van der Waals surface area contributed by atoms with E-state index >= 15 is 0 Å². The summed E-state index contributed by atoms with van der Waals surface area (Å²) in [5, 5.41) is 3.62. The summed E-state index contributed by atoms with van der Waals surface area (Å²) in [4.78, 5) is 2.31. The molecule has 1 N–H and O–H groups in total. The number of nitrogens with one attached hydrogen (secondary N) is 1. The number of alkyl halides is 1. The van der Waals surface area contributed by atoms with E-state index in [2.05, 4.69) is 38.0 Å². The third-order valence-electron chi connectivity index (χ3n) is 2.91. The molecule has 102 valence electrons. The van der Waals surface area contributed by atoms with E-state index in [4.69, 9.17) is 16.3 Å². The average Bonchev–Trinajstić information content (AvgIpc) is 2.14. The zero-order valence-electron chi connectivity index (χ0n) is 11.6. The number of rotatable bonds is 5. The van der Waals surface area contributed by atoms with Crippen molar-refractivity contribution in [3.63, 3.8) is 0 Å². The monoisotopic (exact) mass is 262 g/mol. The van der Waals surface area contributed by atoms with Crippen molar-refractivity contribution >= 4 is 11.6 Å². The molecule has 1 fully saturated rings. The Hall–Kier alpha value is 0.170. The maximum absolute atomic E-state index is 6.30. The molecule has 1 aliphatic rings. The van der Waals surface area contributed by atoms with Crippen molar-refractivity contribution in [3.05, 3.63) is 0 Å². The van der Waals surface area contributed by atoms with Gasteiger partial charge in [0.15, 0.2) is 0 Å². The van der Waals surface area contributed by atoms with E-state index in [1.54, 1.807) is 0 Å². The SMILES string of the molecule is CN1CCOC(CNCC(Cl)CC(C)(C)C)C1. The molecule has 0 bridgehead atoms. The smallest absolute Gasteiger partial charge is 0.0826 e. The van der Waals surface area contributed by atoms with Crippen LogP contribution in [0.3, 0.4) is 0 Å². The number of ether oxygens (including phenoxy) is 1. The maximum atomic E-state index is 6.30. The quantitative estimate of drug-likeness (QED) is 0.767. The second kappa shape index (κ2) is 6.93. The molecular formula is C13H27ClN2O. The highest BCUT2D eigenvalue weighted by atomic mass is 35.5. The zero-order chi connectivity index (χ0) is 12.9. The second-order valence-electron chi connectivity index (χ2n) is 6.28. The van der Waals surface area contributed by atoms with Gasteiger partial charge >= 0.3 is 0 Å². The summed E-state index contributed by atoms with van der Waals surface area (Å²) in [5.41, 5.74) is 0.301. The average molecular weight is 263 g/mol. The van der Waals surface area contributed by atoms with Crippen LogP contribution in [0.1, 0.15) is 27.2 Å². The van der Waals surface area contributed by atoms with Gasteiger partial charge in [0.2, 0.25) is 0 Å². The van der Waals surface area contributed by atoms with Gasteiger partial charge in [0.05, 0.1) is 12.7 Å². The molecule has 0 saturated carbocycles. The summed E-state index contributed by atoms with van der Waals surface area (Å²) in [5.74, 6) is 0. The van der Waals surface area contributed by atoms with Gasteiger partial charge in [-0.25, -0.2) is 0 Å². The highest BCUT2D eigenvalue weighted by Gasteiger charge is 2.19. The zero-order valence-corrected chi connectivity index (χ0v) is 12.4. The lowest BCUT2D eigenvalue weighted by Gasteiger charge is -2.30. The minimum atomic E-state index is 0.205. The Morgan fingerprint density at radius 1 is 1.47 bits per heavy atom. The fourth-order valence-electron chi connectivity index (χ4n) is 2.13. The van der Waals surface area contributed by atoms with Gasteiger partial charge in [-0.3, -0.25) is 0 Å². The molecule has 0 spiro atoms. The molecule has 0 aromatic heterocycles. The third-order valence-corrected chi connectivity index (χ3v) is 3.22. The molecule has 1 heterocycles. The Morgan fingerprint density at radius 2 is 2.18 bits per heavy atom. The summed E-state index contributed by atoms with van der Waals surface area (Å²) >= 11 is 6.30. The predicted octanol–water partition coefficient (Wildman–Crippen LogP) is 1.95. The topological polar surface area (TPSA) is 24.5 Å². The number of morpholine rings is 1. The first-order chi connectivity index (χ1) is 7.87. The fraction of sp³-hybridized carbons (Fsp3) is 1.00. The van der Waals surface area contributed by atoms with Gasteiger partial charge in [0, 0.05) is 31.6 Å². The first-order valence-corrected chi connectivity index (χ1v) is 6.95. The van der Waals surface area contributed by atoms with Crippen LogP contribution in [0.4, 0.5) is 0 Å².